The maximum atomic E-state index is 13.4. The summed E-state index contributed by atoms with van der Waals surface area (Å²) in [4.78, 5) is 56.3. The summed E-state index contributed by atoms with van der Waals surface area (Å²) in [7, 11) is 3.04. The summed E-state index contributed by atoms with van der Waals surface area (Å²) < 4.78 is 55.8. The summed E-state index contributed by atoms with van der Waals surface area (Å²) in [6, 6.07) is 27.4. The van der Waals surface area contributed by atoms with Crippen molar-refractivity contribution in [2.24, 2.45) is 5.92 Å². The molecule has 1 unspecified atom stereocenters. The Bertz CT molecular complexity index is 2920. The predicted octanol–water partition coefficient (Wildman–Crippen LogP) is 6.99. The number of H-pyrrole nitrogens is 2. The molecule has 388 valence electrons. The summed E-state index contributed by atoms with van der Waals surface area (Å²) in [5.41, 5.74) is -0.273. The van der Waals surface area contributed by atoms with Crippen molar-refractivity contribution in [2.75, 3.05) is 34.5 Å². The number of nitrogens with zero attached hydrogens (tertiary/aromatic N) is 4. The van der Waals surface area contributed by atoms with E-state index in [4.69, 9.17) is 37.5 Å². The van der Waals surface area contributed by atoms with Crippen molar-refractivity contribution < 1.29 is 37.5 Å². The summed E-state index contributed by atoms with van der Waals surface area (Å²) in [6.07, 6.45) is -0.687. The van der Waals surface area contributed by atoms with Gasteiger partial charge in [-0.2, -0.15) is 5.26 Å². The molecule has 0 radical (unpaired) electrons. The number of aryl methyl sites for hydroxylation is 2. The largest absolute Gasteiger partial charge is 0.497 e. The Morgan fingerprint density at radius 3 is 1.81 bits per heavy atom. The lowest BCUT2D eigenvalue weighted by Gasteiger charge is -2.37. The van der Waals surface area contributed by atoms with Crippen LogP contribution in [0, 0.1) is 42.9 Å². The number of hydrogen-bond donors (Lipinski definition) is 2. The first-order valence-corrected chi connectivity index (χ1v) is 25.5. The molecule has 3 aromatic carbocycles. The van der Waals surface area contributed by atoms with Crippen molar-refractivity contribution in [1.82, 2.24) is 23.8 Å². The molecule has 2 saturated heterocycles. The molecule has 73 heavy (non-hydrogen) atoms. The number of ether oxygens (including phenoxy) is 6. The molecule has 2 aromatic heterocycles. The second kappa shape index (κ2) is 24.7. The van der Waals surface area contributed by atoms with Gasteiger partial charge in [0, 0.05) is 49.1 Å². The molecule has 0 saturated carbocycles. The number of benzene rings is 3. The third-order valence-corrected chi connectivity index (χ3v) is 15.2. The van der Waals surface area contributed by atoms with E-state index < -0.39 is 73.5 Å². The molecule has 18 nitrogen and oxygen atoms in total. The van der Waals surface area contributed by atoms with Crippen molar-refractivity contribution in [3.05, 3.63) is 161 Å². The minimum atomic E-state index is -1.75. The molecule has 5 aromatic rings. The minimum Gasteiger partial charge on any atom is -0.497 e. The van der Waals surface area contributed by atoms with E-state index in [2.05, 4.69) is 32.5 Å². The molecule has 0 amide bonds. The van der Waals surface area contributed by atoms with Crippen LogP contribution in [0.25, 0.3) is 0 Å². The van der Waals surface area contributed by atoms with E-state index in [9.17, 15) is 24.4 Å². The lowest BCUT2D eigenvalue weighted by molar-refractivity contribution is -0.0869. The van der Waals surface area contributed by atoms with Crippen LogP contribution in [0.4, 0.5) is 0 Å². The zero-order valence-corrected chi connectivity index (χ0v) is 43.6. The van der Waals surface area contributed by atoms with Gasteiger partial charge in [-0.25, -0.2) is 14.3 Å². The fourth-order valence-electron chi connectivity index (χ4n) is 9.38. The molecule has 19 heteroatoms. The minimum absolute atomic E-state index is 0.00809. The third-order valence-electron chi connectivity index (χ3n) is 13.1. The van der Waals surface area contributed by atoms with Crippen molar-refractivity contribution in [2.45, 2.75) is 122 Å². The second-order valence-electron chi connectivity index (χ2n) is 18.6. The van der Waals surface area contributed by atoms with Crippen LogP contribution in [-0.4, -0.2) is 94.8 Å². The maximum absolute atomic E-state index is 13.4. The van der Waals surface area contributed by atoms with Crippen LogP contribution in [0.3, 0.4) is 0 Å². The van der Waals surface area contributed by atoms with Crippen LogP contribution in [0.2, 0.25) is 0 Å². The molecule has 7 rings (SSSR count). The van der Waals surface area contributed by atoms with Crippen LogP contribution in [-0.2, 0) is 33.6 Å². The molecule has 0 aliphatic carbocycles. The number of nitrogens with one attached hydrogen (secondary N) is 2. The van der Waals surface area contributed by atoms with E-state index in [0.717, 1.165) is 16.7 Å². The van der Waals surface area contributed by atoms with Gasteiger partial charge in [0.1, 0.15) is 47.9 Å². The molecule has 2 aliphatic heterocycles. The average molecular weight is 1020 g/mol. The van der Waals surface area contributed by atoms with E-state index in [1.54, 1.807) is 35.2 Å². The number of aromatic nitrogens is 4. The van der Waals surface area contributed by atoms with Gasteiger partial charge in [-0.1, -0.05) is 66.4 Å². The SMILES string of the molecule is COc1ccc(C(OC[C@H]2O[C@@H](n3cc(C)c(=O)[nH]c3=O)C[C@@H]2C[C@H](C#C[C@H]2O[C@@H](n3cc(C)c(=O)[nH]c3=O)C[C@@H]2OP(OCCC#N)N(C(C)C)C(C)C)OC)(c2ccccc2)c2ccc(OC)cc2)cc1. The first kappa shape index (κ1) is 54.6. The fraction of sp³-hybridized carbons (Fsp3) is 0.463. The Kier molecular flexibility index (Phi) is 18.5. The van der Waals surface area contributed by atoms with E-state index in [0.29, 0.717) is 35.5 Å². The third kappa shape index (κ3) is 12.6. The number of rotatable bonds is 21. The molecule has 8 atom stereocenters. The first-order chi connectivity index (χ1) is 35.1. The van der Waals surface area contributed by atoms with Gasteiger partial charge < -0.3 is 37.5 Å². The highest BCUT2D eigenvalue weighted by Gasteiger charge is 2.44. The van der Waals surface area contributed by atoms with Gasteiger partial charge in [0.05, 0.1) is 46.0 Å². The molecular formula is C54H65N6O12P. The molecular weight excluding hydrogens is 956 g/mol. The molecule has 2 N–H and O–H groups in total. The van der Waals surface area contributed by atoms with Gasteiger partial charge in [0.2, 0.25) is 0 Å². The van der Waals surface area contributed by atoms with E-state index in [-0.39, 0.29) is 44.1 Å². The number of nitriles is 1. The van der Waals surface area contributed by atoms with Gasteiger partial charge in [0.15, 0.2) is 0 Å². The van der Waals surface area contributed by atoms with Crippen LogP contribution < -0.4 is 32.0 Å². The highest BCUT2D eigenvalue weighted by atomic mass is 31.2. The Labute approximate surface area is 426 Å². The van der Waals surface area contributed by atoms with Crippen molar-refractivity contribution in [3.8, 4) is 29.4 Å². The zero-order chi connectivity index (χ0) is 52.4. The van der Waals surface area contributed by atoms with Crippen LogP contribution in [0.1, 0.15) is 93.7 Å². The molecule has 0 spiro atoms. The standard InChI is InChI=1S/C54H65N6O12P/c1-34(2)60(35(3)4)73(69-27-13-26-55)72-46-30-49(59-32-37(6)51(62)57-53(59)64)70-45(46)25-24-44(67-9)28-38-29-48(58-31-36(5)50(61)56-52(58)63)71-47(38)33-68-54(39-14-11-10-12-15-39,40-16-20-42(65-7)21-17-40)41-18-22-43(66-8)23-19-41/h10-12,14-23,31-32,34-35,38,44-49H,13,27-30,33H2,1-9H3,(H,56,61,63)(H,57,62,64)/t38-,44-,45+,46-,47+,48+,49+,73?/m0/s1. The Hall–Kier alpha value is -6.18. The van der Waals surface area contributed by atoms with Gasteiger partial charge in [-0.05, 0) is 101 Å². The number of hydrogen-bond acceptors (Lipinski definition) is 14. The van der Waals surface area contributed by atoms with E-state index in [1.807, 2.05) is 107 Å². The topological polar surface area (TPSA) is 211 Å². The van der Waals surface area contributed by atoms with Crippen LogP contribution >= 0.6 is 8.53 Å². The highest BCUT2D eigenvalue weighted by Crippen LogP contribution is 2.50. The van der Waals surface area contributed by atoms with Crippen LogP contribution in [0.5, 0.6) is 11.5 Å². The smallest absolute Gasteiger partial charge is 0.330 e. The second-order valence-corrected chi connectivity index (χ2v) is 20.0. The Balaban J connectivity index is 1.25. The first-order valence-electron chi connectivity index (χ1n) is 24.3. The molecule has 2 fully saturated rings. The number of aromatic amines is 2. The van der Waals surface area contributed by atoms with Crippen molar-refractivity contribution in [1.29, 1.82) is 5.26 Å². The Morgan fingerprint density at radius 1 is 0.767 bits per heavy atom. The maximum Gasteiger partial charge on any atom is 0.330 e. The van der Waals surface area contributed by atoms with Crippen molar-refractivity contribution in [3.63, 3.8) is 0 Å². The number of methoxy groups -OCH3 is 3. The van der Waals surface area contributed by atoms with Crippen molar-refractivity contribution >= 4 is 8.53 Å². The average Bonchev–Trinajstić information content (AvgIpc) is 3.98. The monoisotopic (exact) mass is 1020 g/mol. The summed E-state index contributed by atoms with van der Waals surface area (Å²) in [6.45, 7) is 11.5. The lowest BCUT2D eigenvalue weighted by Crippen LogP contribution is -2.37. The predicted molar refractivity (Wildman–Crippen MR) is 274 cm³/mol. The summed E-state index contributed by atoms with van der Waals surface area (Å²) >= 11 is 0. The van der Waals surface area contributed by atoms with E-state index in [1.165, 1.54) is 21.5 Å². The Morgan fingerprint density at radius 2 is 1.30 bits per heavy atom. The van der Waals surface area contributed by atoms with Gasteiger partial charge in [0.25, 0.3) is 19.6 Å². The molecule has 0 bridgehead atoms. The normalized spacial score (nSPS) is 20.7. The fourth-order valence-corrected chi connectivity index (χ4v) is 11.1. The summed E-state index contributed by atoms with van der Waals surface area (Å²) in [5.74, 6) is 7.59. The molecule has 2 aliphatic rings. The van der Waals surface area contributed by atoms with Gasteiger partial charge in [-0.15, -0.1) is 0 Å². The molecule has 4 heterocycles. The summed E-state index contributed by atoms with van der Waals surface area (Å²) in [5, 5.41) is 9.36. The van der Waals surface area contributed by atoms with Gasteiger partial charge in [-0.3, -0.25) is 28.7 Å². The highest BCUT2D eigenvalue weighted by molar-refractivity contribution is 7.44. The lowest BCUT2D eigenvalue weighted by atomic mass is 9.80. The van der Waals surface area contributed by atoms with Gasteiger partial charge >= 0.3 is 11.4 Å². The van der Waals surface area contributed by atoms with E-state index >= 15 is 0 Å². The quantitative estimate of drug-likeness (QED) is 0.0329. The zero-order valence-electron chi connectivity index (χ0n) is 42.7. The van der Waals surface area contributed by atoms with Crippen LogP contribution in [0.15, 0.2) is 110 Å².